The molecule has 0 radical (unpaired) electrons. The predicted molar refractivity (Wildman–Crippen MR) is 93.5 cm³/mol. The molecule has 6 nitrogen and oxygen atoms in total. The van der Waals surface area contributed by atoms with Crippen LogP contribution in [-0.4, -0.2) is 28.3 Å². The highest BCUT2D eigenvalue weighted by Crippen LogP contribution is 2.40. The van der Waals surface area contributed by atoms with Crippen molar-refractivity contribution in [3.63, 3.8) is 0 Å². The van der Waals surface area contributed by atoms with Crippen LogP contribution in [0.4, 0.5) is 19.6 Å². The summed E-state index contributed by atoms with van der Waals surface area (Å²) in [7, 11) is 0. The Bertz CT molecular complexity index is 848. The van der Waals surface area contributed by atoms with Crippen molar-refractivity contribution in [2.45, 2.75) is 39.7 Å². The summed E-state index contributed by atoms with van der Waals surface area (Å²) in [5.41, 5.74) is 0.198. The van der Waals surface area contributed by atoms with E-state index in [1.165, 1.54) is 0 Å². The van der Waals surface area contributed by atoms with Gasteiger partial charge in [-0.1, -0.05) is 13.8 Å². The second-order valence-corrected chi connectivity index (χ2v) is 8.08. The molecule has 2 aromatic rings. The molecule has 3 rings (SSSR count). The number of rotatable bonds is 5. The zero-order valence-corrected chi connectivity index (χ0v) is 15.4. The maximum atomic E-state index is 13.3. The zero-order valence-electron chi connectivity index (χ0n) is 14.5. The fourth-order valence-corrected chi connectivity index (χ4v) is 3.76. The molecule has 1 aliphatic rings. The van der Waals surface area contributed by atoms with Crippen LogP contribution in [0.15, 0.2) is 12.1 Å². The number of nitrogens with zero attached hydrogens (tertiary/aromatic N) is 3. The quantitative estimate of drug-likeness (QED) is 0.638. The number of amides is 2. The number of aryl methyl sites for hydroxylation is 1. The Hall–Kier alpha value is -2.42. The summed E-state index contributed by atoms with van der Waals surface area (Å²) in [6.45, 7) is 5.88. The molecule has 1 fully saturated rings. The van der Waals surface area contributed by atoms with E-state index in [2.05, 4.69) is 29.1 Å². The number of hydrogen-bond donors (Lipinski definition) is 1. The van der Waals surface area contributed by atoms with E-state index in [1.54, 1.807) is 6.92 Å². The molecule has 0 spiro atoms. The first-order valence-electron chi connectivity index (χ1n) is 8.07. The lowest BCUT2D eigenvalue weighted by Gasteiger charge is -2.44. The molecule has 0 bridgehead atoms. The van der Waals surface area contributed by atoms with Gasteiger partial charge in [-0.2, -0.15) is 13.8 Å². The van der Waals surface area contributed by atoms with Gasteiger partial charge in [-0.05, 0) is 25.2 Å². The van der Waals surface area contributed by atoms with Gasteiger partial charge in [0.1, 0.15) is 5.69 Å². The standard InChI is InChI=1S/C17H18F2N4O2S/c1-9-14(15(25)20-11-4-5-17(11,2)3)22-16(26-9)23(8-24)10-6-12(18)21-13(19)7-10/h6-8,11H,4-5H2,1-3H3,(H,20,25). The first kappa shape index (κ1) is 18.4. The summed E-state index contributed by atoms with van der Waals surface area (Å²) >= 11 is 1.09. The molecule has 138 valence electrons. The number of thiazole rings is 1. The molecule has 26 heavy (non-hydrogen) atoms. The van der Waals surface area contributed by atoms with Gasteiger partial charge in [0.15, 0.2) is 5.13 Å². The van der Waals surface area contributed by atoms with Crippen LogP contribution in [0.25, 0.3) is 0 Å². The van der Waals surface area contributed by atoms with E-state index in [0.29, 0.717) is 11.3 Å². The Balaban J connectivity index is 1.86. The molecule has 0 saturated heterocycles. The van der Waals surface area contributed by atoms with Gasteiger partial charge in [0.05, 0.1) is 5.69 Å². The van der Waals surface area contributed by atoms with E-state index in [-0.39, 0.29) is 33.9 Å². The summed E-state index contributed by atoms with van der Waals surface area (Å²) in [6, 6.07) is 1.92. The largest absolute Gasteiger partial charge is 0.347 e. The Morgan fingerprint density at radius 3 is 2.50 bits per heavy atom. The third-order valence-electron chi connectivity index (χ3n) is 4.66. The van der Waals surface area contributed by atoms with Crippen LogP contribution >= 0.6 is 11.3 Å². The molecule has 2 amide bonds. The molecule has 9 heteroatoms. The smallest absolute Gasteiger partial charge is 0.271 e. The highest BCUT2D eigenvalue weighted by molar-refractivity contribution is 7.16. The van der Waals surface area contributed by atoms with Crippen LogP contribution < -0.4 is 10.2 Å². The Morgan fingerprint density at radius 2 is 2.00 bits per heavy atom. The second kappa shape index (κ2) is 6.71. The molecule has 0 aromatic carbocycles. The summed E-state index contributed by atoms with van der Waals surface area (Å²) in [5.74, 6) is -2.42. The van der Waals surface area contributed by atoms with Gasteiger partial charge in [0, 0.05) is 23.1 Å². The Labute approximate surface area is 153 Å². The van der Waals surface area contributed by atoms with E-state index >= 15 is 0 Å². The number of carbonyl (C=O) groups is 2. The minimum absolute atomic E-state index is 0.0450. The number of pyridine rings is 1. The van der Waals surface area contributed by atoms with E-state index in [4.69, 9.17) is 0 Å². The summed E-state index contributed by atoms with van der Waals surface area (Å²) in [4.78, 5) is 32.8. The van der Waals surface area contributed by atoms with E-state index in [9.17, 15) is 18.4 Å². The van der Waals surface area contributed by atoms with Crippen LogP contribution in [0.1, 0.15) is 42.1 Å². The van der Waals surface area contributed by atoms with Crippen LogP contribution in [-0.2, 0) is 4.79 Å². The minimum atomic E-state index is -1.05. The van der Waals surface area contributed by atoms with Gasteiger partial charge in [-0.25, -0.2) is 4.98 Å². The lowest BCUT2D eigenvalue weighted by Crippen LogP contribution is -2.52. The predicted octanol–water partition coefficient (Wildman–Crippen LogP) is 3.34. The Kier molecular flexibility index (Phi) is 4.74. The number of aromatic nitrogens is 2. The lowest BCUT2D eigenvalue weighted by molar-refractivity contribution is -0.106. The van der Waals surface area contributed by atoms with Crippen molar-refractivity contribution >= 4 is 34.5 Å². The highest BCUT2D eigenvalue weighted by atomic mass is 32.1. The molecule has 2 heterocycles. The molecular formula is C17H18F2N4O2S. The summed E-state index contributed by atoms with van der Waals surface area (Å²) < 4.78 is 26.7. The minimum Gasteiger partial charge on any atom is -0.347 e. The number of nitrogens with one attached hydrogen (secondary N) is 1. The van der Waals surface area contributed by atoms with Crippen molar-refractivity contribution < 1.29 is 18.4 Å². The normalized spacial score (nSPS) is 18.1. The topological polar surface area (TPSA) is 75.2 Å². The maximum absolute atomic E-state index is 13.3. The number of hydrogen-bond acceptors (Lipinski definition) is 5. The third kappa shape index (κ3) is 3.44. The first-order valence-corrected chi connectivity index (χ1v) is 8.89. The third-order valence-corrected chi connectivity index (χ3v) is 5.63. The van der Waals surface area contributed by atoms with Crippen LogP contribution in [0.5, 0.6) is 0 Å². The molecular weight excluding hydrogens is 362 g/mol. The van der Waals surface area contributed by atoms with Gasteiger partial charge >= 0.3 is 0 Å². The van der Waals surface area contributed by atoms with Gasteiger partial charge in [-0.15, -0.1) is 11.3 Å². The first-order chi connectivity index (χ1) is 12.2. The van der Waals surface area contributed by atoms with E-state index in [0.717, 1.165) is 41.2 Å². The molecule has 1 aliphatic carbocycles. The second-order valence-electron chi connectivity index (χ2n) is 6.90. The molecule has 2 aromatic heterocycles. The number of carbonyl (C=O) groups excluding carboxylic acids is 2. The highest BCUT2D eigenvalue weighted by Gasteiger charge is 2.39. The molecule has 1 atom stereocenters. The molecule has 1 unspecified atom stereocenters. The summed E-state index contributed by atoms with van der Waals surface area (Å²) in [6.07, 6.45) is 2.34. The molecule has 0 aliphatic heterocycles. The van der Waals surface area contributed by atoms with Crippen molar-refractivity contribution in [2.75, 3.05) is 4.90 Å². The lowest BCUT2D eigenvalue weighted by atomic mass is 9.67. The van der Waals surface area contributed by atoms with Crippen molar-refractivity contribution in [1.29, 1.82) is 0 Å². The Morgan fingerprint density at radius 1 is 1.35 bits per heavy atom. The fourth-order valence-electron chi connectivity index (χ4n) is 2.86. The van der Waals surface area contributed by atoms with Gasteiger partial charge in [-0.3, -0.25) is 14.5 Å². The fraction of sp³-hybridized carbons (Fsp3) is 0.412. The van der Waals surface area contributed by atoms with Crippen molar-refractivity contribution in [1.82, 2.24) is 15.3 Å². The number of halogens is 2. The van der Waals surface area contributed by atoms with E-state index in [1.807, 2.05) is 0 Å². The van der Waals surface area contributed by atoms with Gasteiger partial charge in [0.2, 0.25) is 18.3 Å². The van der Waals surface area contributed by atoms with E-state index < -0.39 is 11.9 Å². The van der Waals surface area contributed by atoms with Crippen LogP contribution in [0.3, 0.4) is 0 Å². The van der Waals surface area contributed by atoms with Crippen molar-refractivity contribution in [3.8, 4) is 0 Å². The SMILES string of the molecule is Cc1sc(N(C=O)c2cc(F)nc(F)c2)nc1C(=O)NC1CCC1(C)C. The van der Waals surface area contributed by atoms with Crippen molar-refractivity contribution in [2.24, 2.45) is 5.41 Å². The number of anilines is 2. The summed E-state index contributed by atoms with van der Waals surface area (Å²) in [5, 5.41) is 3.11. The average molecular weight is 380 g/mol. The van der Waals surface area contributed by atoms with Crippen LogP contribution in [0.2, 0.25) is 0 Å². The van der Waals surface area contributed by atoms with Crippen molar-refractivity contribution in [3.05, 3.63) is 34.6 Å². The van der Waals surface area contributed by atoms with Gasteiger partial charge in [0.25, 0.3) is 5.91 Å². The van der Waals surface area contributed by atoms with Crippen LogP contribution in [0, 0.1) is 24.2 Å². The maximum Gasteiger partial charge on any atom is 0.271 e. The zero-order chi connectivity index (χ0) is 19.1. The molecule has 1 saturated carbocycles. The molecule has 1 N–H and O–H groups in total. The van der Waals surface area contributed by atoms with Gasteiger partial charge < -0.3 is 5.32 Å². The average Bonchev–Trinajstić information content (AvgIpc) is 2.93. The monoisotopic (exact) mass is 380 g/mol.